The van der Waals surface area contributed by atoms with Crippen molar-refractivity contribution in [2.75, 3.05) is 48.7 Å². The Balaban J connectivity index is 1.39. The van der Waals surface area contributed by atoms with Crippen LogP contribution in [-0.4, -0.2) is 74.5 Å². The first kappa shape index (κ1) is 28.7. The minimum atomic E-state index is -4.44. The maximum Gasteiger partial charge on any atom is 0.264 e. The summed E-state index contributed by atoms with van der Waals surface area (Å²) in [7, 11) is -6.07. The van der Waals surface area contributed by atoms with E-state index in [2.05, 4.69) is 19.6 Å². The Labute approximate surface area is 235 Å². The van der Waals surface area contributed by atoms with Crippen molar-refractivity contribution in [2.45, 2.75) is 17.9 Å². The number of imidazole rings is 1. The summed E-state index contributed by atoms with van der Waals surface area (Å²) in [6, 6.07) is 9.10. The van der Waals surface area contributed by atoms with Crippen molar-refractivity contribution in [3.63, 3.8) is 0 Å². The molecule has 1 aliphatic heterocycles. The largest absolute Gasteiger partial charge is 0.480 e. The zero-order chi connectivity index (χ0) is 29.4. The molecule has 5 rings (SSSR count). The van der Waals surface area contributed by atoms with E-state index in [0.29, 0.717) is 48.3 Å². The van der Waals surface area contributed by atoms with Gasteiger partial charge in [0.25, 0.3) is 10.0 Å². The van der Waals surface area contributed by atoms with E-state index < -0.39 is 36.4 Å². The summed E-state index contributed by atoms with van der Waals surface area (Å²) < 4.78 is 86.1. The number of nitrogens with one attached hydrogen (secondary N) is 1. The molecule has 0 radical (unpaired) electrons. The lowest BCUT2D eigenvalue weighted by Crippen LogP contribution is -2.40. The number of nitrogens with two attached hydrogens (primary N) is 1. The van der Waals surface area contributed by atoms with E-state index in [0.717, 1.165) is 30.6 Å². The van der Waals surface area contributed by atoms with Crippen molar-refractivity contribution >= 4 is 42.5 Å². The molecule has 0 bridgehead atoms. The smallest absolute Gasteiger partial charge is 0.264 e. The average Bonchev–Trinajstić information content (AvgIpc) is 3.23. The van der Waals surface area contributed by atoms with E-state index in [1.54, 1.807) is 12.1 Å². The molecule has 0 spiro atoms. The van der Waals surface area contributed by atoms with E-state index in [4.69, 9.17) is 10.5 Å². The van der Waals surface area contributed by atoms with Gasteiger partial charge in [0.05, 0.1) is 29.6 Å². The van der Waals surface area contributed by atoms with Gasteiger partial charge in [-0.25, -0.2) is 35.6 Å². The number of rotatable bonds is 9. The third-order valence-corrected chi connectivity index (χ3v) is 9.88. The molecule has 1 saturated heterocycles. The van der Waals surface area contributed by atoms with Crippen LogP contribution in [0.1, 0.15) is 6.42 Å². The molecule has 0 saturated carbocycles. The number of methoxy groups -OCH3 is 1. The van der Waals surface area contributed by atoms with Gasteiger partial charge in [-0.05, 0) is 48.9 Å². The maximum atomic E-state index is 14.2. The SMILES string of the molecule is COc1ncc(-c2ccc3nc(N)n(CCCN4CCS(=O)(=O)CC4)c3c2)cc1NS(=O)(=O)c1ccc(F)cc1F. The number of hydrogen-bond donors (Lipinski definition) is 2. The number of nitrogens with zero attached hydrogens (tertiary/aromatic N) is 4. The van der Waals surface area contributed by atoms with Crippen LogP contribution in [0.2, 0.25) is 0 Å². The topological polar surface area (TPSA) is 150 Å². The van der Waals surface area contributed by atoms with Crippen molar-refractivity contribution < 1.29 is 30.4 Å². The van der Waals surface area contributed by atoms with Crippen molar-refractivity contribution in [2.24, 2.45) is 0 Å². The summed E-state index contributed by atoms with van der Waals surface area (Å²) in [5, 5.41) is 0. The van der Waals surface area contributed by atoms with E-state index in [1.807, 2.05) is 10.6 Å². The van der Waals surface area contributed by atoms with Gasteiger partial charge in [0.2, 0.25) is 11.8 Å². The zero-order valence-corrected chi connectivity index (χ0v) is 23.7. The van der Waals surface area contributed by atoms with Crippen LogP contribution in [0.4, 0.5) is 20.4 Å². The van der Waals surface area contributed by atoms with Crippen molar-refractivity contribution in [3.05, 3.63) is 60.3 Å². The van der Waals surface area contributed by atoms with Gasteiger partial charge in [-0.15, -0.1) is 0 Å². The molecule has 11 nitrogen and oxygen atoms in total. The van der Waals surface area contributed by atoms with Gasteiger partial charge >= 0.3 is 0 Å². The number of halogens is 2. The van der Waals surface area contributed by atoms with Crippen LogP contribution < -0.4 is 15.2 Å². The number of sulfonamides is 1. The first-order chi connectivity index (χ1) is 19.5. The predicted molar refractivity (Wildman–Crippen MR) is 151 cm³/mol. The Kier molecular flexibility index (Phi) is 7.85. The first-order valence-electron chi connectivity index (χ1n) is 12.7. The lowest BCUT2D eigenvalue weighted by atomic mass is 10.1. The van der Waals surface area contributed by atoms with Crippen molar-refractivity contribution in [1.82, 2.24) is 19.4 Å². The molecule has 1 aliphatic rings. The predicted octanol–water partition coefficient (Wildman–Crippen LogP) is 2.89. The third-order valence-electron chi connectivity index (χ3n) is 6.88. The highest BCUT2D eigenvalue weighted by Gasteiger charge is 2.23. The summed E-state index contributed by atoms with van der Waals surface area (Å²) >= 11 is 0. The molecule has 3 N–H and O–H groups in total. The summed E-state index contributed by atoms with van der Waals surface area (Å²) in [6.45, 7) is 2.30. The van der Waals surface area contributed by atoms with Crippen molar-refractivity contribution in [3.8, 4) is 17.0 Å². The highest BCUT2D eigenvalue weighted by atomic mass is 32.2. The molecule has 0 amide bonds. The quantitative estimate of drug-likeness (QED) is 0.293. The molecular weight excluding hydrogens is 578 g/mol. The van der Waals surface area contributed by atoms with Gasteiger partial charge < -0.3 is 19.9 Å². The Morgan fingerprint density at radius 3 is 2.51 bits per heavy atom. The first-order valence-corrected chi connectivity index (χ1v) is 16.0. The normalized spacial score (nSPS) is 15.7. The lowest BCUT2D eigenvalue weighted by Gasteiger charge is -2.26. The highest BCUT2D eigenvalue weighted by molar-refractivity contribution is 7.92. The molecule has 4 aromatic rings. The molecule has 2 aromatic heterocycles. The molecule has 3 heterocycles. The monoisotopic (exact) mass is 606 g/mol. The second-order valence-corrected chi connectivity index (χ2v) is 13.6. The van der Waals surface area contributed by atoms with E-state index in [1.165, 1.54) is 19.4 Å². The minimum absolute atomic E-state index is 0.0367. The van der Waals surface area contributed by atoms with E-state index >= 15 is 0 Å². The second kappa shape index (κ2) is 11.2. The van der Waals surface area contributed by atoms with Crippen LogP contribution in [0.3, 0.4) is 0 Å². The fourth-order valence-electron chi connectivity index (χ4n) is 4.72. The van der Waals surface area contributed by atoms with Crippen LogP contribution in [0.5, 0.6) is 5.88 Å². The Bertz CT molecular complexity index is 1820. The Morgan fingerprint density at radius 1 is 1.05 bits per heavy atom. The molecule has 2 aromatic carbocycles. The molecule has 0 atom stereocenters. The van der Waals surface area contributed by atoms with Gasteiger partial charge in [-0.2, -0.15) is 0 Å². The standard InChI is InChI=1S/C26H28F2N6O5S2/c1-39-25-22(32-41(37,38)24-6-4-19(27)15-20(24)28)13-18(16-30-25)17-3-5-21-23(14-17)34(26(29)31-21)8-2-7-33-9-11-40(35,36)12-10-33/h3-6,13-16,32H,2,7-12H2,1H3,(H2,29,31). The fraction of sp³-hybridized carbons (Fsp3) is 0.308. The molecule has 0 aliphatic carbocycles. The zero-order valence-electron chi connectivity index (χ0n) is 22.0. The highest BCUT2D eigenvalue weighted by Crippen LogP contribution is 2.32. The number of hydrogen-bond acceptors (Lipinski definition) is 9. The number of benzene rings is 2. The van der Waals surface area contributed by atoms with Gasteiger partial charge in [-0.3, -0.25) is 4.72 Å². The summed E-state index contributed by atoms with van der Waals surface area (Å²) in [6.07, 6.45) is 2.24. The Hall–Kier alpha value is -3.82. The number of pyridine rings is 1. The van der Waals surface area contributed by atoms with Gasteiger partial charge in [-0.1, -0.05) is 6.07 Å². The van der Waals surface area contributed by atoms with Crippen LogP contribution in [0.25, 0.3) is 22.2 Å². The van der Waals surface area contributed by atoms with Gasteiger partial charge in [0.1, 0.15) is 22.2 Å². The van der Waals surface area contributed by atoms with Gasteiger partial charge in [0.15, 0.2) is 9.84 Å². The fourth-order valence-corrected chi connectivity index (χ4v) is 7.11. The summed E-state index contributed by atoms with van der Waals surface area (Å²) in [5.41, 5.74) is 8.81. The number of ether oxygens (including phenoxy) is 1. The number of sulfone groups is 1. The van der Waals surface area contributed by atoms with Crippen molar-refractivity contribution in [1.29, 1.82) is 0 Å². The number of nitrogen functional groups attached to an aromatic ring is 1. The number of aryl methyl sites for hydroxylation is 1. The van der Waals surface area contributed by atoms with Crippen LogP contribution in [-0.2, 0) is 26.4 Å². The van der Waals surface area contributed by atoms with Crippen LogP contribution in [0, 0.1) is 11.6 Å². The molecule has 0 unspecified atom stereocenters. The van der Waals surface area contributed by atoms with Crippen LogP contribution in [0.15, 0.2) is 53.6 Å². The number of anilines is 2. The van der Waals surface area contributed by atoms with E-state index in [9.17, 15) is 25.6 Å². The summed E-state index contributed by atoms with van der Waals surface area (Å²) in [4.78, 5) is 10.0. The van der Waals surface area contributed by atoms with Crippen LogP contribution >= 0.6 is 0 Å². The van der Waals surface area contributed by atoms with Gasteiger partial charge in [0, 0.05) is 37.5 Å². The maximum absolute atomic E-state index is 14.2. The number of fused-ring (bicyclic) bond motifs is 1. The lowest BCUT2D eigenvalue weighted by molar-refractivity contribution is 0.286. The minimum Gasteiger partial charge on any atom is -0.480 e. The third kappa shape index (κ3) is 6.26. The summed E-state index contributed by atoms with van der Waals surface area (Å²) in [5.74, 6) is -1.51. The Morgan fingerprint density at radius 2 is 1.80 bits per heavy atom. The molecule has 218 valence electrons. The number of aromatic nitrogens is 3. The molecule has 15 heteroatoms. The van der Waals surface area contributed by atoms with E-state index in [-0.39, 0.29) is 23.1 Å². The second-order valence-electron chi connectivity index (χ2n) is 9.63. The molecule has 1 fully saturated rings. The molecular formula is C26H28F2N6O5S2. The average molecular weight is 607 g/mol. The molecule has 41 heavy (non-hydrogen) atoms.